The van der Waals surface area contributed by atoms with Gasteiger partial charge in [-0.05, 0) is 80.3 Å². The number of phenolic OH excluding ortho intramolecular Hbond substituents is 1. The standard InChI is InChI=1S/C31H35NO6/c1-18-28(31(35)38-23-10-5-4-6-11-23)29(20-8-7-9-22(33)14-20)30-24(32-18)15-21(16-25(30)34)19-12-13-26(36-2)27(17-19)37-3/h7-9,12-14,17,21,23,29,32-33H,4-6,10-11,15-16H2,1-3H3. The zero-order valence-corrected chi connectivity index (χ0v) is 22.2. The van der Waals surface area contributed by atoms with Crippen molar-refractivity contribution in [3.8, 4) is 17.2 Å². The molecule has 2 unspecified atom stereocenters. The second kappa shape index (κ2) is 10.9. The Morgan fingerprint density at radius 3 is 2.42 bits per heavy atom. The summed E-state index contributed by atoms with van der Waals surface area (Å²) in [7, 11) is 3.19. The molecule has 0 spiro atoms. The second-order valence-corrected chi connectivity index (χ2v) is 10.4. The molecule has 2 N–H and O–H groups in total. The minimum absolute atomic E-state index is 0.0256. The Morgan fingerprint density at radius 1 is 0.947 bits per heavy atom. The molecular weight excluding hydrogens is 482 g/mol. The summed E-state index contributed by atoms with van der Waals surface area (Å²) in [6.07, 6.45) is 5.79. The molecule has 2 aliphatic carbocycles. The molecule has 1 heterocycles. The average molecular weight is 518 g/mol. The molecule has 1 aliphatic heterocycles. The van der Waals surface area contributed by atoms with Gasteiger partial charge in [0.15, 0.2) is 17.3 Å². The van der Waals surface area contributed by atoms with Crippen molar-refractivity contribution in [3.63, 3.8) is 0 Å². The van der Waals surface area contributed by atoms with Gasteiger partial charge in [0.1, 0.15) is 11.9 Å². The zero-order chi connectivity index (χ0) is 26.8. The number of carbonyl (C=O) groups is 2. The van der Waals surface area contributed by atoms with E-state index in [1.165, 1.54) is 0 Å². The highest BCUT2D eigenvalue weighted by atomic mass is 16.5. The molecule has 2 aromatic rings. The lowest BCUT2D eigenvalue weighted by atomic mass is 9.71. The number of aromatic hydroxyl groups is 1. The maximum Gasteiger partial charge on any atom is 0.337 e. The third-order valence-corrected chi connectivity index (χ3v) is 7.96. The lowest BCUT2D eigenvalue weighted by molar-refractivity contribution is -0.146. The van der Waals surface area contributed by atoms with E-state index in [-0.39, 0.29) is 23.6 Å². The fraction of sp³-hybridized carbons (Fsp3) is 0.419. The van der Waals surface area contributed by atoms with Gasteiger partial charge in [0, 0.05) is 29.3 Å². The number of allylic oxidation sites excluding steroid dienone is 3. The monoisotopic (exact) mass is 517 g/mol. The predicted octanol–water partition coefficient (Wildman–Crippen LogP) is 5.65. The third kappa shape index (κ3) is 5.02. The van der Waals surface area contributed by atoms with Gasteiger partial charge in [-0.3, -0.25) is 4.79 Å². The minimum atomic E-state index is -0.603. The van der Waals surface area contributed by atoms with Crippen LogP contribution in [-0.2, 0) is 14.3 Å². The SMILES string of the molecule is COc1ccc(C2CC(=O)C3=C(C2)NC(C)=C(C(=O)OC2CCCCC2)C3c2cccc(O)c2)cc1OC. The molecule has 7 heteroatoms. The molecular formula is C31H35NO6. The molecule has 3 aliphatic rings. The van der Waals surface area contributed by atoms with Gasteiger partial charge in [-0.15, -0.1) is 0 Å². The maximum absolute atomic E-state index is 13.8. The highest BCUT2D eigenvalue weighted by Crippen LogP contribution is 2.47. The summed E-state index contributed by atoms with van der Waals surface area (Å²) in [5, 5.41) is 13.7. The number of carbonyl (C=O) groups excluding carboxylic acids is 2. The first kappa shape index (κ1) is 25.9. The van der Waals surface area contributed by atoms with Crippen LogP contribution >= 0.6 is 0 Å². The summed E-state index contributed by atoms with van der Waals surface area (Å²) in [5.74, 6) is 0.273. The van der Waals surface area contributed by atoms with E-state index in [4.69, 9.17) is 14.2 Å². The minimum Gasteiger partial charge on any atom is -0.508 e. The third-order valence-electron chi connectivity index (χ3n) is 7.96. The normalized spacial score (nSPS) is 22.0. The van der Waals surface area contributed by atoms with Crippen LogP contribution < -0.4 is 14.8 Å². The van der Waals surface area contributed by atoms with E-state index in [1.807, 2.05) is 31.2 Å². The van der Waals surface area contributed by atoms with Crippen molar-refractivity contribution in [1.29, 1.82) is 0 Å². The van der Waals surface area contributed by atoms with Crippen molar-refractivity contribution in [2.45, 2.75) is 69.8 Å². The van der Waals surface area contributed by atoms with Gasteiger partial charge in [0.25, 0.3) is 0 Å². The molecule has 0 saturated heterocycles. The van der Waals surface area contributed by atoms with Crippen LogP contribution in [0.3, 0.4) is 0 Å². The Balaban J connectivity index is 1.51. The first-order chi connectivity index (χ1) is 18.4. The number of ketones is 1. The summed E-state index contributed by atoms with van der Waals surface area (Å²) in [6, 6.07) is 12.6. The topological polar surface area (TPSA) is 94.1 Å². The van der Waals surface area contributed by atoms with E-state index in [0.717, 1.165) is 43.4 Å². The van der Waals surface area contributed by atoms with Crippen LogP contribution in [0.1, 0.15) is 74.8 Å². The number of nitrogens with one attached hydrogen (secondary N) is 1. The van der Waals surface area contributed by atoms with Crippen LogP contribution in [0.4, 0.5) is 0 Å². The zero-order valence-electron chi connectivity index (χ0n) is 22.2. The largest absolute Gasteiger partial charge is 0.508 e. The van der Waals surface area contributed by atoms with Crippen molar-refractivity contribution in [2.24, 2.45) is 0 Å². The van der Waals surface area contributed by atoms with Gasteiger partial charge in [0.05, 0.1) is 19.8 Å². The van der Waals surface area contributed by atoms with E-state index in [1.54, 1.807) is 32.4 Å². The van der Waals surface area contributed by atoms with Crippen molar-refractivity contribution < 1.29 is 28.9 Å². The summed E-state index contributed by atoms with van der Waals surface area (Å²) < 4.78 is 16.8. The number of hydrogen-bond acceptors (Lipinski definition) is 7. The van der Waals surface area contributed by atoms with E-state index in [9.17, 15) is 14.7 Å². The predicted molar refractivity (Wildman–Crippen MR) is 143 cm³/mol. The smallest absolute Gasteiger partial charge is 0.337 e. The van der Waals surface area contributed by atoms with Crippen LogP contribution in [0.25, 0.3) is 0 Å². The highest BCUT2D eigenvalue weighted by Gasteiger charge is 2.42. The number of dihydropyridines is 1. The molecule has 1 saturated carbocycles. The van der Waals surface area contributed by atoms with E-state index in [0.29, 0.717) is 46.7 Å². The number of hydrogen-bond donors (Lipinski definition) is 2. The molecule has 5 rings (SSSR count). The van der Waals surface area contributed by atoms with Gasteiger partial charge < -0.3 is 24.6 Å². The van der Waals surface area contributed by atoms with E-state index >= 15 is 0 Å². The Bertz CT molecular complexity index is 1300. The molecule has 0 radical (unpaired) electrons. The molecule has 200 valence electrons. The van der Waals surface area contributed by atoms with Gasteiger partial charge >= 0.3 is 5.97 Å². The van der Waals surface area contributed by atoms with Gasteiger partial charge in [0.2, 0.25) is 0 Å². The Hall–Kier alpha value is -3.74. The van der Waals surface area contributed by atoms with Crippen molar-refractivity contribution >= 4 is 11.8 Å². The number of benzene rings is 2. The summed E-state index contributed by atoms with van der Waals surface area (Å²) >= 11 is 0. The van der Waals surface area contributed by atoms with Crippen molar-refractivity contribution in [3.05, 3.63) is 76.1 Å². The van der Waals surface area contributed by atoms with Crippen LogP contribution in [0.5, 0.6) is 17.2 Å². The van der Waals surface area contributed by atoms with Crippen molar-refractivity contribution in [1.82, 2.24) is 5.32 Å². The quantitative estimate of drug-likeness (QED) is 0.479. The summed E-state index contributed by atoms with van der Waals surface area (Å²) in [5.41, 5.74) is 4.19. The number of esters is 1. The molecule has 0 amide bonds. The maximum atomic E-state index is 13.8. The number of methoxy groups -OCH3 is 2. The van der Waals surface area contributed by atoms with Gasteiger partial charge in [-0.1, -0.05) is 24.6 Å². The number of Topliss-reactive ketones (excluding diaryl/α,β-unsaturated/α-hetero) is 1. The van der Waals surface area contributed by atoms with Crippen molar-refractivity contribution in [2.75, 3.05) is 14.2 Å². The number of rotatable bonds is 6. The first-order valence-corrected chi connectivity index (χ1v) is 13.4. The molecule has 38 heavy (non-hydrogen) atoms. The fourth-order valence-electron chi connectivity index (χ4n) is 6.09. The second-order valence-electron chi connectivity index (χ2n) is 10.4. The highest BCUT2D eigenvalue weighted by molar-refractivity contribution is 6.04. The average Bonchev–Trinajstić information content (AvgIpc) is 2.92. The van der Waals surface area contributed by atoms with E-state index < -0.39 is 11.9 Å². The fourth-order valence-corrected chi connectivity index (χ4v) is 6.09. The molecule has 7 nitrogen and oxygen atoms in total. The summed E-state index contributed by atoms with van der Waals surface area (Å²) in [6.45, 7) is 1.86. The lowest BCUT2D eigenvalue weighted by Crippen LogP contribution is -2.37. The van der Waals surface area contributed by atoms with Crippen LogP contribution in [-0.4, -0.2) is 37.2 Å². The Morgan fingerprint density at radius 2 is 1.71 bits per heavy atom. The molecule has 2 atom stereocenters. The molecule has 0 bridgehead atoms. The van der Waals surface area contributed by atoms with Gasteiger partial charge in [-0.25, -0.2) is 4.79 Å². The van der Waals surface area contributed by atoms with Crippen LogP contribution in [0.2, 0.25) is 0 Å². The summed E-state index contributed by atoms with van der Waals surface area (Å²) in [4.78, 5) is 27.4. The lowest BCUT2D eigenvalue weighted by Gasteiger charge is -2.37. The van der Waals surface area contributed by atoms with Gasteiger partial charge in [-0.2, -0.15) is 0 Å². The number of ether oxygens (including phenoxy) is 3. The molecule has 1 fully saturated rings. The number of phenols is 1. The molecule has 0 aromatic heterocycles. The first-order valence-electron chi connectivity index (χ1n) is 13.4. The van der Waals surface area contributed by atoms with E-state index in [2.05, 4.69) is 5.32 Å². The Labute approximate surface area is 223 Å². The van der Waals surface area contributed by atoms with Crippen LogP contribution in [0, 0.1) is 0 Å². The van der Waals surface area contributed by atoms with Crippen LogP contribution in [0.15, 0.2) is 65.0 Å². The molecule has 2 aromatic carbocycles. The Kier molecular flexibility index (Phi) is 7.45.